The van der Waals surface area contributed by atoms with Crippen molar-refractivity contribution >= 4 is 27.9 Å². The molecule has 1 atom stereocenters. The van der Waals surface area contributed by atoms with Gasteiger partial charge in [-0.25, -0.2) is 0 Å². The van der Waals surface area contributed by atoms with E-state index in [1.165, 1.54) is 5.56 Å². The van der Waals surface area contributed by atoms with Crippen LogP contribution in [0.5, 0.6) is 0 Å². The van der Waals surface area contributed by atoms with Crippen LogP contribution in [0.3, 0.4) is 0 Å². The number of hydrogen-bond acceptors (Lipinski definition) is 6. The van der Waals surface area contributed by atoms with Crippen molar-refractivity contribution in [3.8, 4) is 0 Å². The van der Waals surface area contributed by atoms with Crippen LogP contribution in [0.4, 0.5) is 0 Å². The first-order valence-corrected chi connectivity index (χ1v) is 9.00. The Balaban J connectivity index is 0.000000387. The molecule has 0 N–H and O–H groups in total. The maximum atomic E-state index is 9.41. The first-order valence-electron chi connectivity index (χ1n) is 8.20. The third-order valence-electron chi connectivity index (χ3n) is 3.54. The first-order chi connectivity index (χ1) is 12.8. The van der Waals surface area contributed by atoms with E-state index in [9.17, 15) is 19.8 Å². The molecule has 27 heavy (non-hydrogen) atoms. The quantitative estimate of drug-likeness (QED) is 0.604. The fourth-order valence-corrected chi connectivity index (χ4v) is 2.55. The highest BCUT2D eigenvalue weighted by atomic mass is 79.9. The van der Waals surface area contributed by atoms with Gasteiger partial charge >= 0.3 is 0 Å². The van der Waals surface area contributed by atoms with Gasteiger partial charge in [-0.05, 0) is 69.0 Å². The average Bonchev–Trinajstić information content (AvgIpc) is 2.63. The number of hydrogen-bond donors (Lipinski definition) is 0. The Morgan fingerprint density at radius 3 is 2.11 bits per heavy atom. The van der Waals surface area contributed by atoms with Crippen molar-refractivity contribution in [1.29, 1.82) is 0 Å². The molecule has 0 bridgehead atoms. The molecule has 0 aliphatic carbocycles. The number of nitrogens with zero attached hydrogens (tertiary/aromatic N) is 2. The van der Waals surface area contributed by atoms with Crippen molar-refractivity contribution in [2.24, 2.45) is 0 Å². The van der Waals surface area contributed by atoms with Gasteiger partial charge in [-0.3, -0.25) is 4.98 Å². The normalized spacial score (nSPS) is 11.7. The molecule has 2 rings (SSSR count). The Labute approximate surface area is 167 Å². The minimum atomic E-state index is -1.55. The minimum Gasteiger partial charge on any atom is -0.545 e. The summed E-state index contributed by atoms with van der Waals surface area (Å²) in [5, 5.41) is 18.8. The Morgan fingerprint density at radius 2 is 1.67 bits per heavy atom. The number of benzene rings is 1. The van der Waals surface area contributed by atoms with E-state index in [0.717, 1.165) is 23.1 Å². The molecule has 0 aliphatic rings. The van der Waals surface area contributed by atoms with Crippen molar-refractivity contribution in [3.05, 3.63) is 76.5 Å². The van der Waals surface area contributed by atoms with E-state index < -0.39 is 11.9 Å². The van der Waals surface area contributed by atoms with Crippen molar-refractivity contribution in [3.63, 3.8) is 0 Å². The number of carboxylic acid groups (broad SMARTS) is 2. The van der Waals surface area contributed by atoms with E-state index >= 15 is 0 Å². The number of halogens is 1. The van der Waals surface area contributed by atoms with Gasteiger partial charge in [0.2, 0.25) is 0 Å². The molecule has 0 aliphatic heterocycles. The van der Waals surface area contributed by atoms with Crippen LogP contribution >= 0.6 is 15.9 Å². The van der Waals surface area contributed by atoms with Gasteiger partial charge in [-0.15, -0.1) is 0 Å². The topological polar surface area (TPSA) is 96.4 Å². The molecule has 1 aromatic carbocycles. The third kappa shape index (κ3) is 9.67. The summed E-state index contributed by atoms with van der Waals surface area (Å²) in [5.41, 5.74) is 2.47. The van der Waals surface area contributed by atoms with Gasteiger partial charge in [0.15, 0.2) is 0 Å². The van der Waals surface area contributed by atoms with Gasteiger partial charge < -0.3 is 24.7 Å². The van der Waals surface area contributed by atoms with Crippen molar-refractivity contribution in [2.75, 3.05) is 20.6 Å². The number of aliphatic carboxylic acids is 2. The van der Waals surface area contributed by atoms with Crippen molar-refractivity contribution in [2.45, 2.75) is 12.3 Å². The zero-order valence-corrected chi connectivity index (χ0v) is 16.8. The smallest absolute Gasteiger partial charge is 0.0643 e. The highest BCUT2D eigenvalue weighted by Crippen LogP contribution is 2.27. The summed E-state index contributed by atoms with van der Waals surface area (Å²) in [7, 11) is 4.22. The standard InChI is InChI=1S/C16H19BrN2.C4H4O4/c1-19(2)12-10-15(16-5-3-4-11-18-16)13-6-8-14(17)9-7-13;5-3(6)1-2-4(7)8/h3-9,11,15H,10,12H2,1-2H3;1-2H,(H,5,6)(H,7,8)/p-2/b;2-1-/t15-;/m0./s1. The van der Waals surface area contributed by atoms with E-state index in [2.05, 4.69) is 76.3 Å². The van der Waals surface area contributed by atoms with Crippen LogP contribution in [0.1, 0.15) is 23.6 Å². The predicted molar refractivity (Wildman–Crippen MR) is 103 cm³/mol. The van der Waals surface area contributed by atoms with Gasteiger partial charge in [0.1, 0.15) is 0 Å². The van der Waals surface area contributed by atoms with Crippen LogP contribution in [-0.2, 0) is 9.59 Å². The number of carboxylic acids is 2. The third-order valence-corrected chi connectivity index (χ3v) is 4.07. The molecular weight excluding hydrogens is 412 g/mol. The molecular formula is C20H21BrN2O4-2. The van der Waals surface area contributed by atoms with E-state index in [1.807, 2.05) is 12.3 Å². The second-order valence-electron chi connectivity index (χ2n) is 5.92. The Bertz CT molecular complexity index is 730. The number of pyridine rings is 1. The molecule has 144 valence electrons. The maximum Gasteiger partial charge on any atom is 0.0643 e. The number of carbonyl (C=O) groups excluding carboxylic acids is 2. The second-order valence-corrected chi connectivity index (χ2v) is 6.84. The molecule has 0 fully saturated rings. The molecule has 1 aromatic heterocycles. The van der Waals surface area contributed by atoms with Crippen LogP contribution in [0, 0.1) is 0 Å². The zero-order chi connectivity index (χ0) is 20.2. The number of rotatable bonds is 7. The highest BCUT2D eigenvalue weighted by molar-refractivity contribution is 9.10. The summed E-state index contributed by atoms with van der Waals surface area (Å²) < 4.78 is 1.11. The number of carbonyl (C=O) groups is 2. The summed E-state index contributed by atoms with van der Waals surface area (Å²) in [6.45, 7) is 1.05. The monoisotopic (exact) mass is 432 g/mol. The summed E-state index contributed by atoms with van der Waals surface area (Å²) >= 11 is 3.49. The maximum absolute atomic E-state index is 9.41. The van der Waals surface area contributed by atoms with Crippen molar-refractivity contribution in [1.82, 2.24) is 9.88 Å². The lowest BCUT2D eigenvalue weighted by molar-refractivity contribution is -0.301. The molecule has 7 heteroatoms. The SMILES string of the molecule is CN(C)CC[C@@H](c1ccc(Br)cc1)c1ccccn1.O=C([O-])/C=C\C(=O)[O-]. The summed E-state index contributed by atoms with van der Waals surface area (Å²) in [5.74, 6) is -2.74. The molecule has 0 saturated heterocycles. The molecule has 0 unspecified atom stereocenters. The summed E-state index contributed by atoms with van der Waals surface area (Å²) in [6.07, 6.45) is 3.72. The van der Waals surface area contributed by atoms with Gasteiger partial charge in [-0.1, -0.05) is 34.1 Å². The van der Waals surface area contributed by atoms with E-state index in [-0.39, 0.29) is 0 Å². The number of aromatic nitrogens is 1. The molecule has 0 saturated carbocycles. The fourth-order valence-electron chi connectivity index (χ4n) is 2.29. The largest absolute Gasteiger partial charge is 0.545 e. The van der Waals surface area contributed by atoms with Crippen LogP contribution < -0.4 is 10.2 Å². The summed E-state index contributed by atoms with van der Waals surface area (Å²) in [6, 6.07) is 14.7. The Morgan fingerprint density at radius 1 is 1.07 bits per heavy atom. The summed E-state index contributed by atoms with van der Waals surface area (Å²) in [4.78, 5) is 25.6. The highest BCUT2D eigenvalue weighted by Gasteiger charge is 2.15. The lowest BCUT2D eigenvalue weighted by Crippen LogP contribution is -2.23. The predicted octanol–water partition coefficient (Wildman–Crippen LogP) is 0.970. The van der Waals surface area contributed by atoms with Crippen molar-refractivity contribution < 1.29 is 19.8 Å². The fraction of sp³-hybridized carbons (Fsp3) is 0.250. The van der Waals surface area contributed by atoms with Crippen LogP contribution in [0.15, 0.2) is 65.3 Å². The lowest BCUT2D eigenvalue weighted by Gasteiger charge is -2.19. The Kier molecular flexibility index (Phi) is 10.00. The molecule has 2 aromatic rings. The van der Waals surface area contributed by atoms with Gasteiger partial charge in [-0.2, -0.15) is 0 Å². The van der Waals surface area contributed by atoms with E-state index in [4.69, 9.17) is 0 Å². The molecule has 6 nitrogen and oxygen atoms in total. The Hall–Kier alpha value is -2.51. The lowest BCUT2D eigenvalue weighted by atomic mass is 9.92. The second kappa shape index (κ2) is 12.0. The molecule has 1 heterocycles. The van der Waals surface area contributed by atoms with Gasteiger partial charge in [0.05, 0.1) is 11.9 Å². The van der Waals surface area contributed by atoms with Gasteiger partial charge in [0.25, 0.3) is 0 Å². The molecule has 0 amide bonds. The minimum absolute atomic E-state index is 0.358. The zero-order valence-electron chi connectivity index (χ0n) is 15.2. The van der Waals surface area contributed by atoms with Crippen LogP contribution in [-0.4, -0.2) is 42.5 Å². The molecule has 0 radical (unpaired) electrons. The van der Waals surface area contributed by atoms with E-state index in [1.54, 1.807) is 0 Å². The average molecular weight is 433 g/mol. The van der Waals surface area contributed by atoms with Gasteiger partial charge in [0, 0.05) is 22.3 Å². The van der Waals surface area contributed by atoms with Crippen LogP contribution in [0.25, 0.3) is 0 Å². The van der Waals surface area contributed by atoms with Crippen LogP contribution in [0.2, 0.25) is 0 Å². The first kappa shape index (κ1) is 22.5. The molecule has 0 spiro atoms. The van der Waals surface area contributed by atoms with E-state index in [0.29, 0.717) is 18.1 Å².